The molecule has 1 aromatic rings. The van der Waals surface area contributed by atoms with E-state index in [2.05, 4.69) is 0 Å². The van der Waals surface area contributed by atoms with Crippen molar-refractivity contribution in [2.45, 2.75) is 17.9 Å². The van der Waals surface area contributed by atoms with E-state index < -0.39 is 27.9 Å². The molecule has 0 saturated heterocycles. The molecular weight excluding hydrogens is 273 g/mol. The Morgan fingerprint density at radius 3 is 2.59 bits per heavy atom. The molecule has 5 nitrogen and oxygen atoms in total. The molecule has 0 fully saturated rings. The van der Waals surface area contributed by atoms with E-state index >= 15 is 0 Å². The van der Waals surface area contributed by atoms with Crippen molar-refractivity contribution in [3.05, 3.63) is 29.0 Å². The molecule has 1 rings (SSSR count). The van der Waals surface area contributed by atoms with Crippen LogP contribution >= 0.6 is 11.6 Å². The highest BCUT2D eigenvalue weighted by molar-refractivity contribution is 7.89. The van der Waals surface area contributed by atoms with Gasteiger partial charge < -0.3 is 5.11 Å². The summed E-state index contributed by atoms with van der Waals surface area (Å²) >= 11 is 5.57. The predicted molar refractivity (Wildman–Crippen MR) is 58.8 cm³/mol. The number of halogens is 2. The number of carboxylic acids is 1. The smallest absolute Gasteiger partial charge is 0.321 e. The van der Waals surface area contributed by atoms with Crippen LogP contribution in [0.25, 0.3) is 0 Å². The van der Waals surface area contributed by atoms with Crippen molar-refractivity contribution in [3.8, 4) is 0 Å². The minimum Gasteiger partial charge on any atom is -0.480 e. The van der Waals surface area contributed by atoms with Crippen molar-refractivity contribution in [1.82, 2.24) is 4.72 Å². The SMILES string of the molecule is C[C@@H](NS(=O)(=O)c1ccc(F)cc1Cl)C(=O)O. The van der Waals surface area contributed by atoms with E-state index in [9.17, 15) is 17.6 Å². The van der Waals surface area contributed by atoms with Gasteiger partial charge in [-0.1, -0.05) is 11.6 Å². The molecule has 0 unspecified atom stereocenters. The molecule has 0 aromatic heterocycles. The maximum atomic E-state index is 12.7. The first-order chi connectivity index (χ1) is 7.74. The summed E-state index contributed by atoms with van der Waals surface area (Å²) < 4.78 is 38.0. The lowest BCUT2D eigenvalue weighted by atomic mass is 10.3. The quantitative estimate of drug-likeness (QED) is 0.869. The zero-order valence-corrected chi connectivity index (χ0v) is 10.2. The summed E-state index contributed by atoms with van der Waals surface area (Å²) in [7, 11) is -4.08. The summed E-state index contributed by atoms with van der Waals surface area (Å²) in [5.41, 5.74) is 0. The second-order valence-electron chi connectivity index (χ2n) is 3.26. The van der Waals surface area contributed by atoms with E-state index in [1.165, 1.54) is 0 Å². The molecular formula is C9H9ClFNO4S. The van der Waals surface area contributed by atoms with E-state index in [1.54, 1.807) is 0 Å². The van der Waals surface area contributed by atoms with E-state index in [-0.39, 0.29) is 9.92 Å². The van der Waals surface area contributed by atoms with Gasteiger partial charge in [-0.3, -0.25) is 4.79 Å². The highest BCUT2D eigenvalue weighted by Gasteiger charge is 2.23. The third-order valence-electron chi connectivity index (χ3n) is 1.89. The summed E-state index contributed by atoms with van der Waals surface area (Å²) in [6.07, 6.45) is 0. The van der Waals surface area contributed by atoms with E-state index in [0.29, 0.717) is 0 Å². The number of aliphatic carboxylic acids is 1. The molecule has 0 spiro atoms. The molecule has 0 amide bonds. The first-order valence-corrected chi connectivity index (χ1v) is 6.30. The van der Waals surface area contributed by atoms with Gasteiger partial charge in [-0.2, -0.15) is 4.72 Å². The zero-order valence-electron chi connectivity index (χ0n) is 8.65. The molecule has 0 aliphatic rings. The normalized spacial score (nSPS) is 13.4. The molecule has 2 N–H and O–H groups in total. The molecule has 17 heavy (non-hydrogen) atoms. The Hall–Kier alpha value is -1.18. The van der Waals surface area contributed by atoms with Crippen LogP contribution in [0.1, 0.15) is 6.92 Å². The number of hydrogen-bond acceptors (Lipinski definition) is 3. The van der Waals surface area contributed by atoms with E-state index in [4.69, 9.17) is 16.7 Å². The fourth-order valence-electron chi connectivity index (χ4n) is 1.04. The summed E-state index contributed by atoms with van der Waals surface area (Å²) in [5, 5.41) is 8.28. The number of nitrogens with one attached hydrogen (secondary N) is 1. The lowest BCUT2D eigenvalue weighted by Gasteiger charge is -2.11. The highest BCUT2D eigenvalue weighted by Crippen LogP contribution is 2.22. The first-order valence-electron chi connectivity index (χ1n) is 4.44. The van der Waals surface area contributed by atoms with Crippen molar-refractivity contribution >= 4 is 27.6 Å². The van der Waals surface area contributed by atoms with Gasteiger partial charge in [0.05, 0.1) is 5.02 Å². The zero-order chi connectivity index (χ0) is 13.2. The molecule has 0 heterocycles. The Morgan fingerprint density at radius 2 is 2.12 bits per heavy atom. The average Bonchev–Trinajstić information content (AvgIpc) is 2.15. The number of rotatable bonds is 4. The van der Waals surface area contributed by atoms with Gasteiger partial charge in [0.1, 0.15) is 16.8 Å². The van der Waals surface area contributed by atoms with Crippen LogP contribution in [0.3, 0.4) is 0 Å². The molecule has 0 bridgehead atoms. The van der Waals surface area contributed by atoms with Crippen molar-refractivity contribution in [2.75, 3.05) is 0 Å². The van der Waals surface area contributed by atoms with Gasteiger partial charge in [-0.05, 0) is 25.1 Å². The monoisotopic (exact) mass is 281 g/mol. The Kier molecular flexibility index (Phi) is 4.07. The fourth-order valence-corrected chi connectivity index (χ4v) is 2.77. The lowest BCUT2D eigenvalue weighted by molar-refractivity contribution is -0.138. The molecule has 1 aromatic carbocycles. The van der Waals surface area contributed by atoms with Gasteiger partial charge in [0.15, 0.2) is 0 Å². The number of carboxylic acid groups (broad SMARTS) is 1. The highest BCUT2D eigenvalue weighted by atomic mass is 35.5. The van der Waals surface area contributed by atoms with Crippen LogP contribution in [0.2, 0.25) is 5.02 Å². The van der Waals surface area contributed by atoms with E-state index in [0.717, 1.165) is 25.1 Å². The van der Waals surface area contributed by atoms with Gasteiger partial charge in [-0.25, -0.2) is 12.8 Å². The predicted octanol–water partition coefficient (Wildman–Crippen LogP) is 1.23. The molecule has 0 aliphatic heterocycles. The van der Waals surface area contributed by atoms with Gasteiger partial charge in [-0.15, -0.1) is 0 Å². The van der Waals surface area contributed by atoms with Crippen LogP contribution in [0.15, 0.2) is 23.1 Å². The van der Waals surface area contributed by atoms with Crippen LogP contribution in [-0.2, 0) is 14.8 Å². The van der Waals surface area contributed by atoms with Crippen LogP contribution in [-0.4, -0.2) is 25.5 Å². The van der Waals surface area contributed by atoms with E-state index in [1.807, 2.05) is 4.72 Å². The third-order valence-corrected chi connectivity index (χ3v) is 3.91. The second-order valence-corrected chi connectivity index (χ2v) is 5.35. The summed E-state index contributed by atoms with van der Waals surface area (Å²) in [5.74, 6) is -2.01. The van der Waals surface area contributed by atoms with Crippen LogP contribution in [0, 0.1) is 5.82 Å². The van der Waals surface area contributed by atoms with Crippen LogP contribution in [0.4, 0.5) is 4.39 Å². The first kappa shape index (κ1) is 13.9. The fraction of sp³-hybridized carbons (Fsp3) is 0.222. The molecule has 0 aliphatic carbocycles. The van der Waals surface area contributed by atoms with Crippen molar-refractivity contribution in [2.24, 2.45) is 0 Å². The Bertz CT molecular complexity index is 546. The number of hydrogen-bond donors (Lipinski definition) is 2. The molecule has 0 saturated carbocycles. The summed E-state index contributed by atoms with van der Waals surface area (Å²) in [4.78, 5) is 10.2. The van der Waals surface area contributed by atoms with Gasteiger partial charge in [0, 0.05) is 0 Å². The Morgan fingerprint density at radius 1 is 1.53 bits per heavy atom. The largest absolute Gasteiger partial charge is 0.480 e. The van der Waals surface area contributed by atoms with Crippen molar-refractivity contribution < 1.29 is 22.7 Å². The van der Waals surface area contributed by atoms with Crippen molar-refractivity contribution in [3.63, 3.8) is 0 Å². The minimum atomic E-state index is -4.08. The Labute approximate surface area is 102 Å². The van der Waals surface area contributed by atoms with Crippen molar-refractivity contribution in [1.29, 1.82) is 0 Å². The summed E-state index contributed by atoms with van der Waals surface area (Å²) in [6, 6.07) is 1.42. The number of sulfonamides is 1. The second kappa shape index (κ2) is 4.99. The van der Waals surface area contributed by atoms with Crippen LogP contribution in [0.5, 0.6) is 0 Å². The maximum Gasteiger partial charge on any atom is 0.321 e. The number of carbonyl (C=O) groups is 1. The topological polar surface area (TPSA) is 83.5 Å². The maximum absolute atomic E-state index is 12.7. The van der Waals surface area contributed by atoms with Gasteiger partial charge in [0.25, 0.3) is 0 Å². The van der Waals surface area contributed by atoms with Gasteiger partial charge in [0.2, 0.25) is 10.0 Å². The van der Waals surface area contributed by atoms with Crippen LogP contribution < -0.4 is 4.72 Å². The molecule has 1 atom stereocenters. The molecule has 94 valence electrons. The Balaban J connectivity index is 3.10. The molecule has 0 radical (unpaired) electrons. The third kappa shape index (κ3) is 3.39. The average molecular weight is 282 g/mol. The standard InChI is InChI=1S/C9H9ClFNO4S/c1-5(9(13)14)12-17(15,16)8-3-2-6(11)4-7(8)10/h2-5,12H,1H3,(H,13,14)/t5-/m1/s1. The minimum absolute atomic E-state index is 0.310. The number of benzene rings is 1. The van der Waals surface area contributed by atoms with Gasteiger partial charge >= 0.3 is 5.97 Å². The molecule has 8 heteroatoms. The lowest BCUT2D eigenvalue weighted by Crippen LogP contribution is -2.38. The summed E-state index contributed by atoms with van der Waals surface area (Å²) in [6.45, 7) is 1.16.